The topological polar surface area (TPSA) is 30.2 Å². The number of halogens is 1. The fraction of sp³-hybridized carbons (Fsp3) is 0. The Morgan fingerprint density at radius 2 is 1.73 bits per heavy atom. The van der Waals surface area contributed by atoms with Crippen molar-refractivity contribution in [2.75, 3.05) is 0 Å². The van der Waals surface area contributed by atoms with E-state index >= 15 is 0 Å². The maximum atomic E-state index is 13.2. The zero-order valence-corrected chi connectivity index (χ0v) is 11.6. The van der Waals surface area contributed by atoms with Crippen LogP contribution in [0.1, 0.15) is 0 Å². The second-order valence-electron chi connectivity index (χ2n) is 4.99. The normalized spacial score (nSPS) is 11.0. The van der Waals surface area contributed by atoms with Gasteiger partial charge < -0.3 is 0 Å². The maximum Gasteiger partial charge on any atom is 0.137 e. The van der Waals surface area contributed by atoms with Crippen LogP contribution in [0.3, 0.4) is 0 Å². The van der Waals surface area contributed by atoms with Gasteiger partial charge in [-0.3, -0.25) is 9.38 Å². The van der Waals surface area contributed by atoms with Crippen molar-refractivity contribution >= 4 is 5.65 Å². The molecule has 0 N–H and O–H groups in total. The highest BCUT2D eigenvalue weighted by atomic mass is 19.1. The molecule has 0 aliphatic heterocycles. The van der Waals surface area contributed by atoms with Crippen LogP contribution in [0.2, 0.25) is 0 Å². The molecule has 0 fully saturated rings. The summed E-state index contributed by atoms with van der Waals surface area (Å²) < 4.78 is 15.2. The van der Waals surface area contributed by atoms with Gasteiger partial charge in [0.2, 0.25) is 0 Å². The van der Waals surface area contributed by atoms with E-state index in [0.717, 1.165) is 28.2 Å². The third-order valence-electron chi connectivity index (χ3n) is 3.58. The molecule has 0 spiro atoms. The molecule has 3 aromatic heterocycles. The van der Waals surface area contributed by atoms with Gasteiger partial charge >= 0.3 is 0 Å². The highest BCUT2D eigenvalue weighted by Crippen LogP contribution is 2.32. The fourth-order valence-electron chi connectivity index (χ4n) is 2.58. The molecule has 4 rings (SSSR count). The van der Waals surface area contributed by atoms with Crippen molar-refractivity contribution in [1.82, 2.24) is 14.4 Å². The van der Waals surface area contributed by atoms with E-state index in [1.165, 1.54) is 12.1 Å². The number of fused-ring (bicyclic) bond motifs is 1. The van der Waals surface area contributed by atoms with Crippen LogP contribution in [0.4, 0.5) is 4.39 Å². The number of benzene rings is 1. The Kier molecular flexibility index (Phi) is 2.93. The molecule has 3 heterocycles. The molecule has 4 aromatic rings. The second-order valence-corrected chi connectivity index (χ2v) is 4.99. The lowest BCUT2D eigenvalue weighted by atomic mass is 10.1. The molecule has 0 bridgehead atoms. The van der Waals surface area contributed by atoms with Crippen LogP contribution in [0.15, 0.2) is 73.2 Å². The van der Waals surface area contributed by atoms with Gasteiger partial charge in [0.05, 0.1) is 11.4 Å². The number of pyridine rings is 2. The van der Waals surface area contributed by atoms with Gasteiger partial charge in [-0.25, -0.2) is 9.37 Å². The van der Waals surface area contributed by atoms with Gasteiger partial charge in [-0.1, -0.05) is 6.07 Å². The average molecular weight is 289 g/mol. The summed E-state index contributed by atoms with van der Waals surface area (Å²) >= 11 is 0. The summed E-state index contributed by atoms with van der Waals surface area (Å²) in [4.78, 5) is 8.90. The number of imidazole rings is 1. The summed E-state index contributed by atoms with van der Waals surface area (Å²) in [6.45, 7) is 0. The molecule has 22 heavy (non-hydrogen) atoms. The van der Waals surface area contributed by atoms with Crippen LogP contribution < -0.4 is 0 Å². The number of hydrogen-bond acceptors (Lipinski definition) is 2. The van der Waals surface area contributed by atoms with E-state index in [0.29, 0.717) is 0 Å². The van der Waals surface area contributed by atoms with Gasteiger partial charge in [0.1, 0.15) is 11.5 Å². The van der Waals surface area contributed by atoms with Crippen molar-refractivity contribution in [3.8, 4) is 22.5 Å². The predicted molar refractivity (Wildman–Crippen MR) is 83.8 cm³/mol. The summed E-state index contributed by atoms with van der Waals surface area (Å²) in [6, 6.07) is 16.1. The molecular formula is C18H12FN3. The Bertz CT molecular complexity index is 928. The minimum atomic E-state index is -0.254. The van der Waals surface area contributed by atoms with Crippen molar-refractivity contribution in [2.24, 2.45) is 0 Å². The number of rotatable bonds is 2. The molecule has 106 valence electrons. The van der Waals surface area contributed by atoms with Crippen LogP contribution >= 0.6 is 0 Å². The van der Waals surface area contributed by atoms with E-state index in [9.17, 15) is 4.39 Å². The van der Waals surface area contributed by atoms with Crippen molar-refractivity contribution in [3.05, 3.63) is 79.0 Å². The molecule has 3 nitrogen and oxygen atoms in total. The van der Waals surface area contributed by atoms with E-state index in [-0.39, 0.29) is 5.82 Å². The first-order valence-corrected chi connectivity index (χ1v) is 6.96. The Morgan fingerprint density at radius 3 is 2.50 bits per heavy atom. The largest absolute Gasteiger partial charge is 0.299 e. The van der Waals surface area contributed by atoms with Crippen LogP contribution in [0, 0.1) is 5.82 Å². The first-order valence-electron chi connectivity index (χ1n) is 6.96. The first-order chi connectivity index (χ1) is 10.8. The van der Waals surface area contributed by atoms with Crippen LogP contribution in [0.25, 0.3) is 28.2 Å². The molecule has 1 aromatic carbocycles. The van der Waals surface area contributed by atoms with E-state index in [1.807, 2.05) is 47.1 Å². The Balaban J connectivity index is 2.04. The minimum Gasteiger partial charge on any atom is -0.299 e. The number of aromatic nitrogens is 3. The zero-order chi connectivity index (χ0) is 14.9. The van der Waals surface area contributed by atoms with Gasteiger partial charge in [0.15, 0.2) is 0 Å². The fourth-order valence-corrected chi connectivity index (χ4v) is 2.58. The highest BCUT2D eigenvalue weighted by Gasteiger charge is 2.15. The SMILES string of the molecule is Fc1ccc(-c2nc3ccccn3c2-c2cccnc2)cc1. The van der Waals surface area contributed by atoms with Gasteiger partial charge in [-0.15, -0.1) is 0 Å². The molecule has 0 atom stereocenters. The Labute approximate surface area is 126 Å². The quantitative estimate of drug-likeness (QED) is 0.553. The summed E-state index contributed by atoms with van der Waals surface area (Å²) in [5.41, 5.74) is 4.47. The maximum absolute atomic E-state index is 13.2. The number of hydrogen-bond donors (Lipinski definition) is 0. The van der Waals surface area contributed by atoms with E-state index in [4.69, 9.17) is 4.98 Å². The molecule has 0 amide bonds. The number of nitrogens with zero attached hydrogens (tertiary/aromatic N) is 3. The summed E-state index contributed by atoms with van der Waals surface area (Å²) in [7, 11) is 0. The second kappa shape index (κ2) is 5.07. The third kappa shape index (κ3) is 2.05. The first kappa shape index (κ1) is 12.7. The molecule has 0 saturated heterocycles. The lowest BCUT2D eigenvalue weighted by Crippen LogP contribution is -1.89. The van der Waals surface area contributed by atoms with Crippen molar-refractivity contribution in [3.63, 3.8) is 0 Å². The Morgan fingerprint density at radius 1 is 0.864 bits per heavy atom. The minimum absolute atomic E-state index is 0.254. The van der Waals surface area contributed by atoms with Crippen LogP contribution in [-0.2, 0) is 0 Å². The average Bonchev–Trinajstić information content (AvgIpc) is 2.96. The van der Waals surface area contributed by atoms with Gasteiger partial charge in [-0.05, 0) is 48.5 Å². The van der Waals surface area contributed by atoms with Crippen LogP contribution in [0.5, 0.6) is 0 Å². The van der Waals surface area contributed by atoms with Gasteiger partial charge in [-0.2, -0.15) is 0 Å². The van der Waals surface area contributed by atoms with Crippen molar-refractivity contribution < 1.29 is 4.39 Å². The summed E-state index contributed by atoms with van der Waals surface area (Å²) in [6.07, 6.45) is 5.52. The third-order valence-corrected chi connectivity index (χ3v) is 3.58. The highest BCUT2D eigenvalue weighted by molar-refractivity contribution is 5.81. The van der Waals surface area contributed by atoms with Crippen molar-refractivity contribution in [2.45, 2.75) is 0 Å². The van der Waals surface area contributed by atoms with E-state index in [2.05, 4.69) is 4.98 Å². The molecule has 0 aliphatic rings. The van der Waals surface area contributed by atoms with Crippen LogP contribution in [-0.4, -0.2) is 14.4 Å². The van der Waals surface area contributed by atoms with E-state index < -0.39 is 0 Å². The predicted octanol–water partition coefficient (Wildman–Crippen LogP) is 4.20. The van der Waals surface area contributed by atoms with Crippen molar-refractivity contribution in [1.29, 1.82) is 0 Å². The molecule has 0 radical (unpaired) electrons. The summed E-state index contributed by atoms with van der Waals surface area (Å²) in [5.74, 6) is -0.254. The zero-order valence-electron chi connectivity index (χ0n) is 11.6. The molecular weight excluding hydrogens is 277 g/mol. The molecule has 0 unspecified atom stereocenters. The summed E-state index contributed by atoms with van der Waals surface area (Å²) in [5, 5.41) is 0. The lowest BCUT2D eigenvalue weighted by Gasteiger charge is -2.05. The Hall–Kier alpha value is -3.01. The lowest BCUT2D eigenvalue weighted by molar-refractivity contribution is 0.628. The monoisotopic (exact) mass is 289 g/mol. The van der Waals surface area contributed by atoms with Gasteiger partial charge in [0.25, 0.3) is 0 Å². The smallest absolute Gasteiger partial charge is 0.137 e. The molecule has 4 heteroatoms. The standard InChI is InChI=1S/C18H12FN3/c19-15-8-6-13(7-9-15)17-18(14-4-3-10-20-12-14)22-11-2-1-5-16(22)21-17/h1-12H. The molecule has 0 saturated carbocycles. The molecule has 0 aliphatic carbocycles. The van der Waals surface area contributed by atoms with E-state index in [1.54, 1.807) is 18.3 Å². The van der Waals surface area contributed by atoms with Gasteiger partial charge in [0, 0.05) is 29.7 Å².